The molecule has 0 aromatic heterocycles. The van der Waals surface area contributed by atoms with Crippen molar-refractivity contribution in [1.29, 1.82) is 0 Å². The van der Waals surface area contributed by atoms with Crippen LogP contribution in [0.5, 0.6) is 0 Å². The average Bonchev–Trinajstić information content (AvgIpc) is 1.88. The minimum Gasteiger partial charge on any atom is -0.378 e. The van der Waals surface area contributed by atoms with Crippen LogP contribution in [0.25, 0.3) is 0 Å². The summed E-state index contributed by atoms with van der Waals surface area (Å²) in [6, 6.07) is 0.624. The number of likely N-dealkylation sites (N-methyl/N-ethyl adjacent to an activating group) is 1. The standard InChI is InChI=1S/C7H16N2O/c1-6(8)7-5-10-4-3-9(7)2/h6-7H,3-5,8H2,1-2H3. The molecule has 60 valence electrons. The van der Waals surface area contributed by atoms with Crippen LogP contribution >= 0.6 is 0 Å². The van der Waals surface area contributed by atoms with Crippen molar-refractivity contribution in [3.8, 4) is 0 Å². The van der Waals surface area contributed by atoms with E-state index in [1.807, 2.05) is 6.92 Å². The van der Waals surface area contributed by atoms with Gasteiger partial charge < -0.3 is 10.5 Å². The number of hydrogen-bond donors (Lipinski definition) is 1. The summed E-state index contributed by atoms with van der Waals surface area (Å²) in [5.74, 6) is 0. The number of rotatable bonds is 1. The van der Waals surface area contributed by atoms with Crippen molar-refractivity contribution in [2.45, 2.75) is 19.0 Å². The molecular formula is C7H16N2O. The monoisotopic (exact) mass is 144 g/mol. The number of morpholine rings is 1. The Morgan fingerprint density at radius 2 is 2.40 bits per heavy atom. The molecule has 1 heterocycles. The lowest BCUT2D eigenvalue weighted by Gasteiger charge is -2.34. The molecule has 3 nitrogen and oxygen atoms in total. The minimum atomic E-state index is 0.213. The van der Waals surface area contributed by atoms with Gasteiger partial charge in [0.05, 0.1) is 13.2 Å². The second-order valence-corrected chi connectivity index (χ2v) is 2.98. The van der Waals surface area contributed by atoms with Crippen LogP contribution in [-0.4, -0.2) is 43.8 Å². The van der Waals surface area contributed by atoms with Crippen LogP contribution in [0, 0.1) is 0 Å². The molecule has 0 aromatic rings. The Morgan fingerprint density at radius 3 is 2.80 bits per heavy atom. The molecule has 1 rings (SSSR count). The highest BCUT2D eigenvalue weighted by atomic mass is 16.5. The van der Waals surface area contributed by atoms with Gasteiger partial charge in [-0.1, -0.05) is 0 Å². The van der Waals surface area contributed by atoms with Gasteiger partial charge in [-0.2, -0.15) is 0 Å². The second kappa shape index (κ2) is 3.32. The van der Waals surface area contributed by atoms with Gasteiger partial charge in [-0.25, -0.2) is 0 Å². The molecular weight excluding hydrogens is 128 g/mol. The Balaban J connectivity index is 2.40. The zero-order valence-corrected chi connectivity index (χ0v) is 6.71. The molecule has 0 spiro atoms. The Morgan fingerprint density at radius 1 is 1.70 bits per heavy atom. The topological polar surface area (TPSA) is 38.5 Å². The lowest BCUT2D eigenvalue weighted by atomic mass is 10.1. The van der Waals surface area contributed by atoms with Gasteiger partial charge in [0.25, 0.3) is 0 Å². The van der Waals surface area contributed by atoms with Crippen LogP contribution in [0.2, 0.25) is 0 Å². The molecule has 0 amide bonds. The van der Waals surface area contributed by atoms with Gasteiger partial charge in [0, 0.05) is 18.6 Å². The summed E-state index contributed by atoms with van der Waals surface area (Å²) >= 11 is 0. The first-order valence-electron chi connectivity index (χ1n) is 3.75. The van der Waals surface area contributed by atoms with Gasteiger partial charge in [0.15, 0.2) is 0 Å². The second-order valence-electron chi connectivity index (χ2n) is 2.98. The average molecular weight is 144 g/mol. The predicted octanol–water partition coefficient (Wildman–Crippen LogP) is -0.336. The minimum absolute atomic E-state index is 0.213. The Bertz CT molecular complexity index is 106. The third-order valence-electron chi connectivity index (χ3n) is 2.05. The lowest BCUT2D eigenvalue weighted by molar-refractivity contribution is -0.00131. The van der Waals surface area contributed by atoms with E-state index in [4.69, 9.17) is 10.5 Å². The van der Waals surface area contributed by atoms with Crippen molar-refractivity contribution in [3.63, 3.8) is 0 Å². The maximum Gasteiger partial charge on any atom is 0.0637 e. The van der Waals surface area contributed by atoms with Gasteiger partial charge in [0.1, 0.15) is 0 Å². The lowest BCUT2D eigenvalue weighted by Crippen LogP contribution is -2.51. The first-order chi connectivity index (χ1) is 4.72. The highest BCUT2D eigenvalue weighted by molar-refractivity contribution is 4.79. The zero-order chi connectivity index (χ0) is 7.56. The van der Waals surface area contributed by atoms with E-state index in [1.54, 1.807) is 0 Å². The molecule has 1 saturated heterocycles. The summed E-state index contributed by atoms with van der Waals surface area (Å²) in [6.45, 7) is 4.66. The van der Waals surface area contributed by atoms with Crippen LogP contribution in [0.15, 0.2) is 0 Å². The summed E-state index contributed by atoms with van der Waals surface area (Å²) in [5.41, 5.74) is 5.74. The van der Waals surface area contributed by atoms with Crippen molar-refractivity contribution >= 4 is 0 Å². The van der Waals surface area contributed by atoms with E-state index in [2.05, 4.69) is 11.9 Å². The van der Waals surface area contributed by atoms with Crippen molar-refractivity contribution in [2.75, 3.05) is 26.8 Å². The molecule has 0 radical (unpaired) electrons. The molecule has 10 heavy (non-hydrogen) atoms. The highest BCUT2D eigenvalue weighted by Gasteiger charge is 2.22. The highest BCUT2D eigenvalue weighted by Crippen LogP contribution is 2.05. The van der Waals surface area contributed by atoms with Gasteiger partial charge in [-0.05, 0) is 14.0 Å². The molecule has 1 aliphatic rings. The van der Waals surface area contributed by atoms with Gasteiger partial charge in [-0.15, -0.1) is 0 Å². The van der Waals surface area contributed by atoms with Gasteiger partial charge in [0.2, 0.25) is 0 Å². The summed E-state index contributed by atoms with van der Waals surface area (Å²) in [4.78, 5) is 2.26. The number of hydrogen-bond acceptors (Lipinski definition) is 3. The zero-order valence-electron chi connectivity index (χ0n) is 6.71. The van der Waals surface area contributed by atoms with E-state index >= 15 is 0 Å². The number of nitrogens with zero attached hydrogens (tertiary/aromatic N) is 1. The van der Waals surface area contributed by atoms with E-state index in [9.17, 15) is 0 Å². The van der Waals surface area contributed by atoms with E-state index in [0.717, 1.165) is 19.8 Å². The first kappa shape index (κ1) is 7.98. The molecule has 3 heteroatoms. The Labute approximate surface area is 62.1 Å². The van der Waals surface area contributed by atoms with Crippen molar-refractivity contribution in [3.05, 3.63) is 0 Å². The quantitative estimate of drug-likeness (QED) is 0.547. The molecule has 0 bridgehead atoms. The van der Waals surface area contributed by atoms with Crippen LogP contribution in [0.3, 0.4) is 0 Å². The number of ether oxygens (including phenoxy) is 1. The van der Waals surface area contributed by atoms with Crippen molar-refractivity contribution in [1.82, 2.24) is 4.90 Å². The van der Waals surface area contributed by atoms with E-state index in [1.165, 1.54) is 0 Å². The molecule has 1 aliphatic heterocycles. The molecule has 2 N–H and O–H groups in total. The van der Waals surface area contributed by atoms with E-state index in [-0.39, 0.29) is 6.04 Å². The SMILES string of the molecule is CC(N)C1COCCN1C. The van der Waals surface area contributed by atoms with Crippen LogP contribution in [0.4, 0.5) is 0 Å². The van der Waals surface area contributed by atoms with Crippen LogP contribution < -0.4 is 5.73 Å². The molecule has 2 atom stereocenters. The van der Waals surface area contributed by atoms with E-state index < -0.39 is 0 Å². The summed E-state index contributed by atoms with van der Waals surface area (Å²) in [5, 5.41) is 0. The summed E-state index contributed by atoms with van der Waals surface area (Å²) in [7, 11) is 2.09. The van der Waals surface area contributed by atoms with Crippen LogP contribution in [0.1, 0.15) is 6.92 Å². The Hall–Kier alpha value is -0.120. The summed E-state index contributed by atoms with van der Waals surface area (Å²) in [6.07, 6.45) is 0. The molecule has 0 saturated carbocycles. The number of nitrogens with two attached hydrogens (primary N) is 1. The first-order valence-corrected chi connectivity index (χ1v) is 3.75. The molecule has 2 unspecified atom stereocenters. The normalized spacial score (nSPS) is 32.1. The third-order valence-corrected chi connectivity index (χ3v) is 2.05. The van der Waals surface area contributed by atoms with Crippen molar-refractivity contribution < 1.29 is 4.74 Å². The van der Waals surface area contributed by atoms with Crippen LogP contribution in [-0.2, 0) is 4.74 Å². The van der Waals surface area contributed by atoms with Crippen molar-refractivity contribution in [2.24, 2.45) is 5.73 Å². The van der Waals surface area contributed by atoms with Gasteiger partial charge in [-0.3, -0.25) is 4.90 Å². The third kappa shape index (κ3) is 1.68. The molecule has 0 aromatic carbocycles. The Kier molecular flexibility index (Phi) is 2.65. The fraction of sp³-hybridized carbons (Fsp3) is 1.00. The molecule has 1 fully saturated rings. The van der Waals surface area contributed by atoms with E-state index in [0.29, 0.717) is 6.04 Å². The fourth-order valence-electron chi connectivity index (χ4n) is 1.26. The summed E-state index contributed by atoms with van der Waals surface area (Å²) < 4.78 is 5.29. The predicted molar refractivity (Wildman–Crippen MR) is 40.9 cm³/mol. The maximum atomic E-state index is 5.74. The largest absolute Gasteiger partial charge is 0.378 e. The smallest absolute Gasteiger partial charge is 0.0637 e. The fourth-order valence-corrected chi connectivity index (χ4v) is 1.26. The maximum absolute atomic E-state index is 5.74. The van der Waals surface area contributed by atoms with Gasteiger partial charge >= 0.3 is 0 Å². The molecule has 0 aliphatic carbocycles.